The van der Waals surface area contributed by atoms with Crippen molar-refractivity contribution in [3.8, 4) is 0 Å². The van der Waals surface area contributed by atoms with Crippen molar-refractivity contribution in [2.75, 3.05) is 13.1 Å². The van der Waals surface area contributed by atoms with Gasteiger partial charge in [0.2, 0.25) is 10.0 Å². The molecule has 0 radical (unpaired) electrons. The van der Waals surface area contributed by atoms with Gasteiger partial charge in [-0.25, -0.2) is 8.42 Å². The fourth-order valence-corrected chi connectivity index (χ4v) is 5.59. The third kappa shape index (κ3) is 3.64. The molecule has 1 heterocycles. The van der Waals surface area contributed by atoms with Gasteiger partial charge in [0.1, 0.15) is 0 Å². The van der Waals surface area contributed by atoms with E-state index in [-0.39, 0.29) is 0 Å². The highest BCUT2D eigenvalue weighted by molar-refractivity contribution is 9.11. The Morgan fingerprint density at radius 3 is 2.50 bits per heavy atom. The van der Waals surface area contributed by atoms with Crippen molar-refractivity contribution in [1.82, 2.24) is 4.31 Å². The van der Waals surface area contributed by atoms with Gasteiger partial charge in [-0.2, -0.15) is 4.31 Å². The highest BCUT2D eigenvalue weighted by Crippen LogP contribution is 2.31. The second-order valence-electron chi connectivity index (χ2n) is 5.21. The van der Waals surface area contributed by atoms with Crippen LogP contribution in [0.3, 0.4) is 0 Å². The fourth-order valence-electron chi connectivity index (χ4n) is 2.66. The minimum Gasteiger partial charge on any atom is -0.207 e. The first kappa shape index (κ1) is 16.5. The highest BCUT2D eigenvalue weighted by Gasteiger charge is 2.30. The lowest BCUT2D eigenvalue weighted by atomic mass is 9.94. The van der Waals surface area contributed by atoms with E-state index in [1.165, 1.54) is 12.8 Å². The van der Waals surface area contributed by atoms with Gasteiger partial charge in [0.15, 0.2) is 0 Å². The Morgan fingerprint density at radius 2 is 1.90 bits per heavy atom. The van der Waals surface area contributed by atoms with Gasteiger partial charge in [-0.05, 0) is 52.9 Å². The average molecular weight is 425 g/mol. The monoisotopic (exact) mass is 423 g/mol. The molecule has 0 amide bonds. The van der Waals surface area contributed by atoms with Crippen LogP contribution in [0.15, 0.2) is 32.0 Å². The van der Waals surface area contributed by atoms with Crippen molar-refractivity contribution in [2.45, 2.75) is 37.5 Å². The smallest absolute Gasteiger partial charge is 0.207 e. The Balaban J connectivity index is 2.18. The molecule has 0 atom stereocenters. The molecule has 3 nitrogen and oxygen atoms in total. The Labute approximate surface area is 138 Å². The predicted octanol–water partition coefficient (Wildman–Crippen LogP) is 4.41. The molecule has 6 heteroatoms. The van der Waals surface area contributed by atoms with Gasteiger partial charge >= 0.3 is 0 Å². The van der Waals surface area contributed by atoms with Gasteiger partial charge in [0.25, 0.3) is 0 Å². The molecule has 0 aromatic heterocycles. The van der Waals surface area contributed by atoms with E-state index in [1.807, 2.05) is 6.07 Å². The maximum Gasteiger partial charge on any atom is 0.244 e. The number of nitrogens with zero attached hydrogens (tertiary/aromatic N) is 1. The molecule has 0 bridgehead atoms. The second kappa shape index (κ2) is 6.90. The maximum absolute atomic E-state index is 12.7. The number of piperidine rings is 1. The molecule has 0 spiro atoms. The molecule has 1 fully saturated rings. The minimum atomic E-state index is -3.40. The molecule has 1 aromatic rings. The predicted molar refractivity (Wildman–Crippen MR) is 88.2 cm³/mol. The van der Waals surface area contributed by atoms with E-state index in [4.69, 9.17) is 0 Å². The summed E-state index contributed by atoms with van der Waals surface area (Å²) >= 11 is 6.68. The summed E-state index contributed by atoms with van der Waals surface area (Å²) < 4.78 is 28.4. The van der Waals surface area contributed by atoms with Crippen LogP contribution in [0.5, 0.6) is 0 Å². The number of sulfonamides is 1. The minimum absolute atomic E-state index is 0.348. The van der Waals surface area contributed by atoms with Crippen LogP contribution in [0, 0.1) is 5.92 Å². The zero-order valence-electron chi connectivity index (χ0n) is 11.5. The van der Waals surface area contributed by atoms with E-state index in [0.29, 0.717) is 28.4 Å². The Bertz CT molecular complexity index is 567. The molecular formula is C14H19Br2NO2S. The summed E-state index contributed by atoms with van der Waals surface area (Å²) in [6.45, 7) is 3.44. The normalized spacial score (nSPS) is 18.4. The van der Waals surface area contributed by atoms with Crippen molar-refractivity contribution < 1.29 is 8.42 Å². The van der Waals surface area contributed by atoms with Crippen LogP contribution in [0.1, 0.15) is 32.6 Å². The Hall–Kier alpha value is 0.0900. The van der Waals surface area contributed by atoms with Crippen LogP contribution in [-0.2, 0) is 10.0 Å². The third-order valence-electron chi connectivity index (χ3n) is 3.78. The Kier molecular flexibility index (Phi) is 5.68. The van der Waals surface area contributed by atoms with E-state index in [0.717, 1.165) is 17.3 Å². The molecule has 0 unspecified atom stereocenters. The molecular weight excluding hydrogens is 406 g/mol. The zero-order chi connectivity index (χ0) is 14.8. The molecule has 0 N–H and O–H groups in total. The molecule has 2 rings (SSSR count). The van der Waals surface area contributed by atoms with E-state index in [9.17, 15) is 8.42 Å². The van der Waals surface area contributed by atoms with Crippen LogP contribution >= 0.6 is 31.9 Å². The van der Waals surface area contributed by atoms with Crippen LogP contribution in [0.4, 0.5) is 0 Å². The van der Waals surface area contributed by atoms with Crippen molar-refractivity contribution in [2.24, 2.45) is 5.92 Å². The summed E-state index contributed by atoms with van der Waals surface area (Å²) in [6.07, 6.45) is 4.32. The lowest BCUT2D eigenvalue weighted by Crippen LogP contribution is -2.38. The van der Waals surface area contributed by atoms with Crippen LogP contribution < -0.4 is 0 Å². The van der Waals surface area contributed by atoms with Gasteiger partial charge in [-0.15, -0.1) is 0 Å². The summed E-state index contributed by atoms with van der Waals surface area (Å²) in [5.41, 5.74) is 0. The maximum atomic E-state index is 12.7. The Morgan fingerprint density at radius 1 is 1.25 bits per heavy atom. The van der Waals surface area contributed by atoms with E-state index >= 15 is 0 Å². The van der Waals surface area contributed by atoms with Gasteiger partial charge in [-0.1, -0.05) is 35.7 Å². The van der Waals surface area contributed by atoms with Crippen LogP contribution in [0.25, 0.3) is 0 Å². The largest absolute Gasteiger partial charge is 0.244 e. The summed E-state index contributed by atoms with van der Waals surface area (Å²) in [7, 11) is -3.40. The first-order valence-corrected chi connectivity index (χ1v) is 9.93. The standard InChI is InChI=1S/C14H19Br2NO2S/c1-2-3-11-6-8-17(9-7-11)20(18,19)14-10-12(15)4-5-13(14)16/h4-5,10-11H,2-3,6-9H2,1H3. The molecule has 1 aliphatic rings. The second-order valence-corrected chi connectivity index (χ2v) is 8.89. The number of halogens is 2. The van der Waals surface area contributed by atoms with Gasteiger partial charge in [0, 0.05) is 22.0 Å². The summed E-state index contributed by atoms with van der Waals surface area (Å²) in [5, 5.41) is 0. The van der Waals surface area contributed by atoms with E-state index in [2.05, 4.69) is 38.8 Å². The lowest BCUT2D eigenvalue weighted by Gasteiger charge is -2.31. The van der Waals surface area contributed by atoms with Gasteiger partial charge in [-0.3, -0.25) is 0 Å². The SMILES string of the molecule is CCCC1CCN(S(=O)(=O)c2cc(Br)ccc2Br)CC1. The summed E-state index contributed by atoms with van der Waals surface area (Å²) in [6, 6.07) is 5.26. The molecule has 0 saturated carbocycles. The van der Waals surface area contributed by atoms with Gasteiger partial charge in [0.05, 0.1) is 4.90 Å². The first-order valence-electron chi connectivity index (χ1n) is 6.90. The number of benzene rings is 1. The third-order valence-corrected chi connectivity index (χ3v) is 7.17. The molecule has 1 saturated heterocycles. The quantitative estimate of drug-likeness (QED) is 0.717. The molecule has 20 heavy (non-hydrogen) atoms. The first-order chi connectivity index (χ1) is 9.45. The number of hydrogen-bond donors (Lipinski definition) is 0. The average Bonchev–Trinajstić information content (AvgIpc) is 2.42. The topological polar surface area (TPSA) is 37.4 Å². The fraction of sp³-hybridized carbons (Fsp3) is 0.571. The van der Waals surface area contributed by atoms with Crippen LogP contribution in [-0.4, -0.2) is 25.8 Å². The molecule has 1 aromatic carbocycles. The molecule has 1 aliphatic heterocycles. The number of rotatable bonds is 4. The van der Waals surface area contributed by atoms with Gasteiger partial charge < -0.3 is 0 Å². The molecule has 0 aliphatic carbocycles. The lowest BCUT2D eigenvalue weighted by molar-refractivity contribution is 0.262. The summed E-state index contributed by atoms with van der Waals surface area (Å²) in [5.74, 6) is 0.678. The molecule has 112 valence electrons. The van der Waals surface area contributed by atoms with Crippen molar-refractivity contribution in [1.29, 1.82) is 0 Å². The van der Waals surface area contributed by atoms with Crippen LogP contribution in [0.2, 0.25) is 0 Å². The summed E-state index contributed by atoms with van der Waals surface area (Å²) in [4.78, 5) is 0.348. The van der Waals surface area contributed by atoms with Crippen molar-refractivity contribution in [3.05, 3.63) is 27.1 Å². The highest BCUT2D eigenvalue weighted by atomic mass is 79.9. The number of hydrogen-bond acceptors (Lipinski definition) is 2. The van der Waals surface area contributed by atoms with Crippen molar-refractivity contribution in [3.63, 3.8) is 0 Å². The zero-order valence-corrected chi connectivity index (χ0v) is 15.5. The van der Waals surface area contributed by atoms with Crippen molar-refractivity contribution >= 4 is 41.9 Å². The van der Waals surface area contributed by atoms with E-state index in [1.54, 1.807) is 16.4 Å². The van der Waals surface area contributed by atoms with E-state index < -0.39 is 10.0 Å².